The van der Waals surface area contributed by atoms with Crippen molar-refractivity contribution in [3.63, 3.8) is 0 Å². The van der Waals surface area contributed by atoms with Gasteiger partial charge in [-0.25, -0.2) is 4.57 Å². The maximum absolute atomic E-state index is 13.2. The van der Waals surface area contributed by atoms with Crippen molar-refractivity contribution < 1.29 is 36.8 Å². The number of para-hydroxylation sites is 1. The van der Waals surface area contributed by atoms with Crippen LogP contribution >= 0.6 is 7.82 Å². The molecule has 1 aromatic heterocycles. The lowest BCUT2D eigenvalue weighted by Crippen LogP contribution is -2.19. The summed E-state index contributed by atoms with van der Waals surface area (Å²) in [4.78, 5) is 29.6. The van der Waals surface area contributed by atoms with Crippen molar-refractivity contribution >= 4 is 19.2 Å². The van der Waals surface area contributed by atoms with E-state index in [0.717, 1.165) is 28.3 Å². The van der Waals surface area contributed by atoms with E-state index in [9.17, 15) is 22.5 Å². The van der Waals surface area contributed by atoms with Gasteiger partial charge in [-0.1, -0.05) is 18.2 Å². The summed E-state index contributed by atoms with van der Waals surface area (Å²) in [6.07, 6.45) is -3.42. The molecule has 0 unspecified atom stereocenters. The van der Waals surface area contributed by atoms with Crippen molar-refractivity contribution in [1.29, 1.82) is 0 Å². The molecule has 2 aromatic carbocycles. The normalized spacial score (nSPS) is 11.9. The fraction of sp³-hybridized carbons (Fsp3) is 0.150. The maximum atomic E-state index is 13.2. The quantitative estimate of drug-likeness (QED) is 0.427. The standard InChI is InChI=1S/C20H18F3N2O6P/c1-13-4-2-3-5-17(13)31-18-7-6-14(20(21,22)23)10-16(18)24-15-8-9-25(19(26)11-15)12-30-32(27,28)29/h2-11,24H,12H2,1H3,(H2,27,28,29). The number of anilines is 2. The summed E-state index contributed by atoms with van der Waals surface area (Å²) in [7, 11) is -4.78. The van der Waals surface area contributed by atoms with Gasteiger partial charge in [0.2, 0.25) is 0 Å². The summed E-state index contributed by atoms with van der Waals surface area (Å²) in [6.45, 7) is 1.08. The van der Waals surface area contributed by atoms with Gasteiger partial charge >= 0.3 is 14.0 Å². The van der Waals surface area contributed by atoms with Crippen LogP contribution in [0.15, 0.2) is 65.6 Å². The summed E-state index contributed by atoms with van der Waals surface area (Å²) in [5.74, 6) is 0.543. The van der Waals surface area contributed by atoms with Crippen molar-refractivity contribution in [3.05, 3.63) is 82.3 Å². The molecule has 0 aliphatic heterocycles. The molecule has 0 spiro atoms. The Morgan fingerprint density at radius 2 is 1.78 bits per heavy atom. The number of nitrogens with one attached hydrogen (secondary N) is 1. The molecule has 0 bridgehead atoms. The highest BCUT2D eigenvalue weighted by atomic mass is 31.2. The average molecular weight is 470 g/mol. The van der Waals surface area contributed by atoms with Crippen molar-refractivity contribution in [2.45, 2.75) is 19.8 Å². The number of alkyl halides is 3. The first-order valence-corrected chi connectivity index (χ1v) is 10.6. The van der Waals surface area contributed by atoms with E-state index in [0.29, 0.717) is 5.75 Å². The highest BCUT2D eigenvalue weighted by Gasteiger charge is 2.31. The molecule has 170 valence electrons. The highest BCUT2D eigenvalue weighted by molar-refractivity contribution is 7.46. The van der Waals surface area contributed by atoms with Crippen LogP contribution in [0.25, 0.3) is 0 Å². The third-order valence-electron chi connectivity index (χ3n) is 4.26. The Labute approximate surface area is 180 Å². The number of pyridine rings is 1. The predicted molar refractivity (Wildman–Crippen MR) is 110 cm³/mol. The number of hydrogen-bond acceptors (Lipinski definition) is 5. The van der Waals surface area contributed by atoms with Crippen LogP contribution in [0.2, 0.25) is 0 Å². The summed E-state index contributed by atoms with van der Waals surface area (Å²) < 4.78 is 61.4. The molecular formula is C20H18F3N2O6P. The van der Waals surface area contributed by atoms with Crippen LogP contribution in [0.4, 0.5) is 24.5 Å². The molecule has 3 rings (SSSR count). The lowest BCUT2D eigenvalue weighted by molar-refractivity contribution is -0.137. The monoisotopic (exact) mass is 470 g/mol. The van der Waals surface area contributed by atoms with E-state index in [1.165, 1.54) is 18.3 Å². The molecule has 0 radical (unpaired) electrons. The minimum Gasteiger partial charge on any atom is -0.455 e. The zero-order valence-electron chi connectivity index (χ0n) is 16.5. The van der Waals surface area contributed by atoms with E-state index < -0.39 is 31.9 Å². The summed E-state index contributed by atoms with van der Waals surface area (Å²) in [6, 6.07) is 12.3. The van der Waals surface area contributed by atoms with Gasteiger partial charge in [0, 0.05) is 18.0 Å². The zero-order chi connectivity index (χ0) is 23.5. The molecule has 0 aliphatic rings. The molecular weight excluding hydrogens is 452 g/mol. The number of nitrogens with zero attached hydrogens (tertiary/aromatic N) is 1. The second kappa shape index (κ2) is 9.17. The van der Waals surface area contributed by atoms with Crippen LogP contribution in [0.5, 0.6) is 11.5 Å². The Morgan fingerprint density at radius 3 is 2.41 bits per heavy atom. The number of aryl methyl sites for hydroxylation is 1. The van der Waals surface area contributed by atoms with Crippen molar-refractivity contribution in [2.75, 3.05) is 5.32 Å². The van der Waals surface area contributed by atoms with E-state index in [4.69, 9.17) is 14.5 Å². The lowest BCUT2D eigenvalue weighted by Gasteiger charge is -2.17. The first-order chi connectivity index (χ1) is 14.9. The summed E-state index contributed by atoms with van der Waals surface area (Å²) >= 11 is 0. The number of halogens is 3. The Balaban J connectivity index is 1.93. The number of phosphoric acid groups is 1. The highest BCUT2D eigenvalue weighted by Crippen LogP contribution is 2.39. The van der Waals surface area contributed by atoms with E-state index in [1.54, 1.807) is 31.2 Å². The number of benzene rings is 2. The fourth-order valence-corrected chi connectivity index (χ4v) is 2.94. The van der Waals surface area contributed by atoms with Gasteiger partial charge < -0.3 is 19.8 Å². The molecule has 8 nitrogen and oxygen atoms in total. The van der Waals surface area contributed by atoms with Gasteiger partial charge in [-0.15, -0.1) is 0 Å². The second-order valence-corrected chi connectivity index (χ2v) is 7.91. The van der Waals surface area contributed by atoms with Crippen LogP contribution in [-0.4, -0.2) is 14.4 Å². The van der Waals surface area contributed by atoms with Crippen LogP contribution in [0.3, 0.4) is 0 Å². The molecule has 3 N–H and O–H groups in total. The van der Waals surface area contributed by atoms with Crippen molar-refractivity contribution in [2.24, 2.45) is 0 Å². The third kappa shape index (κ3) is 6.21. The number of aromatic nitrogens is 1. The Hall–Kier alpha value is -3.11. The minimum atomic E-state index is -4.78. The maximum Gasteiger partial charge on any atom is 0.471 e. The first-order valence-electron chi connectivity index (χ1n) is 9.05. The van der Waals surface area contributed by atoms with E-state index in [1.807, 2.05) is 0 Å². The zero-order valence-corrected chi connectivity index (χ0v) is 17.4. The third-order valence-corrected chi connectivity index (χ3v) is 4.71. The molecule has 0 saturated carbocycles. The largest absolute Gasteiger partial charge is 0.471 e. The molecule has 0 fully saturated rings. The smallest absolute Gasteiger partial charge is 0.455 e. The van der Waals surface area contributed by atoms with Gasteiger partial charge in [0.1, 0.15) is 12.5 Å². The Bertz CT molecular complexity index is 1220. The topological polar surface area (TPSA) is 110 Å². The molecule has 12 heteroatoms. The summed E-state index contributed by atoms with van der Waals surface area (Å²) in [5, 5.41) is 2.73. The van der Waals surface area contributed by atoms with Crippen LogP contribution in [0, 0.1) is 6.92 Å². The van der Waals surface area contributed by atoms with Gasteiger partial charge in [-0.2, -0.15) is 13.2 Å². The molecule has 1 heterocycles. The number of ether oxygens (including phenoxy) is 1. The van der Waals surface area contributed by atoms with E-state index in [2.05, 4.69) is 9.84 Å². The number of rotatable bonds is 7. The summed E-state index contributed by atoms with van der Waals surface area (Å²) in [5.41, 5.74) is -0.744. The molecule has 32 heavy (non-hydrogen) atoms. The molecule has 0 amide bonds. The first kappa shape index (κ1) is 23.6. The fourth-order valence-electron chi connectivity index (χ4n) is 2.67. The van der Waals surface area contributed by atoms with E-state index in [-0.39, 0.29) is 17.1 Å². The Kier molecular flexibility index (Phi) is 6.75. The van der Waals surface area contributed by atoms with Gasteiger partial charge in [0.15, 0.2) is 5.75 Å². The molecule has 3 aromatic rings. The van der Waals surface area contributed by atoms with Crippen LogP contribution < -0.4 is 15.6 Å². The van der Waals surface area contributed by atoms with Crippen molar-refractivity contribution in [3.8, 4) is 11.5 Å². The van der Waals surface area contributed by atoms with Crippen molar-refractivity contribution in [1.82, 2.24) is 4.57 Å². The van der Waals surface area contributed by atoms with Crippen LogP contribution in [-0.2, 0) is 22.0 Å². The minimum absolute atomic E-state index is 0.0355. The second-order valence-electron chi connectivity index (χ2n) is 6.67. The van der Waals surface area contributed by atoms with Crippen LogP contribution in [0.1, 0.15) is 11.1 Å². The number of hydrogen-bond donors (Lipinski definition) is 3. The molecule has 0 aliphatic carbocycles. The Morgan fingerprint density at radius 1 is 1.06 bits per heavy atom. The van der Waals surface area contributed by atoms with Gasteiger partial charge in [0.05, 0.1) is 11.3 Å². The lowest BCUT2D eigenvalue weighted by atomic mass is 10.1. The molecule has 0 saturated heterocycles. The predicted octanol–water partition coefficient (Wildman–Crippen LogP) is 4.78. The average Bonchev–Trinajstić information content (AvgIpc) is 2.69. The van der Waals surface area contributed by atoms with Gasteiger partial charge in [0.25, 0.3) is 5.56 Å². The van der Waals surface area contributed by atoms with Gasteiger partial charge in [-0.05, 0) is 42.8 Å². The number of phosphoric ester groups is 1. The molecule has 0 atom stereocenters. The SMILES string of the molecule is Cc1ccccc1Oc1ccc(C(F)(F)F)cc1Nc1ccn(COP(=O)(O)O)c(=O)c1. The van der Waals surface area contributed by atoms with Gasteiger partial charge in [-0.3, -0.25) is 13.9 Å². The van der Waals surface area contributed by atoms with E-state index >= 15 is 0 Å².